The summed E-state index contributed by atoms with van der Waals surface area (Å²) in [4.78, 5) is 15.9. The smallest absolute Gasteiger partial charge is 0.225 e. The fourth-order valence-corrected chi connectivity index (χ4v) is 1.63. The number of nitrogen functional groups attached to an aromatic ring is 2. The van der Waals surface area contributed by atoms with Crippen LogP contribution >= 0.6 is 11.6 Å². The Labute approximate surface area is 106 Å². The van der Waals surface area contributed by atoms with Gasteiger partial charge in [-0.15, -0.1) is 0 Å². The topological polar surface area (TPSA) is 121 Å². The first-order chi connectivity index (χ1) is 8.61. The third kappa shape index (κ3) is 1.78. The molecule has 3 rings (SSSR count). The van der Waals surface area contributed by atoms with Gasteiger partial charge < -0.3 is 11.5 Å². The fourth-order valence-electron chi connectivity index (χ4n) is 1.49. The molecule has 90 valence electrons. The number of hydrogen-bond donors (Lipinski definition) is 2. The van der Waals surface area contributed by atoms with Crippen molar-refractivity contribution < 1.29 is 0 Å². The van der Waals surface area contributed by atoms with Gasteiger partial charge in [-0.2, -0.15) is 20.1 Å². The molecular formula is C9H7ClN8. The fraction of sp³-hybridized carbons (Fsp3) is 0. The summed E-state index contributed by atoms with van der Waals surface area (Å²) in [5.74, 6) is 0.378. The van der Waals surface area contributed by atoms with Crippen molar-refractivity contribution in [1.29, 1.82) is 0 Å². The Hall–Kier alpha value is -2.48. The summed E-state index contributed by atoms with van der Waals surface area (Å²) < 4.78 is 1.52. The molecule has 0 aliphatic heterocycles. The minimum atomic E-state index is 0.0422. The van der Waals surface area contributed by atoms with E-state index in [0.717, 1.165) is 0 Å². The average Bonchev–Trinajstić information content (AvgIpc) is 2.70. The summed E-state index contributed by atoms with van der Waals surface area (Å²) in [6, 6.07) is 3.37. The molecule has 0 unspecified atom stereocenters. The van der Waals surface area contributed by atoms with Crippen LogP contribution < -0.4 is 11.5 Å². The number of nitrogens with two attached hydrogens (primary N) is 2. The van der Waals surface area contributed by atoms with E-state index in [-0.39, 0.29) is 11.9 Å². The van der Waals surface area contributed by atoms with Crippen molar-refractivity contribution in [3.63, 3.8) is 0 Å². The molecule has 4 N–H and O–H groups in total. The first kappa shape index (κ1) is 10.7. The van der Waals surface area contributed by atoms with Gasteiger partial charge in [0, 0.05) is 0 Å². The zero-order chi connectivity index (χ0) is 12.7. The maximum atomic E-state index is 5.78. The van der Waals surface area contributed by atoms with Crippen molar-refractivity contribution in [1.82, 2.24) is 29.5 Å². The van der Waals surface area contributed by atoms with Crippen LogP contribution in [0.3, 0.4) is 0 Å². The van der Waals surface area contributed by atoms with E-state index in [1.165, 1.54) is 4.52 Å². The number of anilines is 2. The van der Waals surface area contributed by atoms with Gasteiger partial charge in [0.15, 0.2) is 11.5 Å². The molecule has 0 aliphatic carbocycles. The number of hydrogen-bond acceptors (Lipinski definition) is 7. The molecule has 3 aromatic heterocycles. The molecule has 9 heteroatoms. The Balaban J connectivity index is 2.19. The van der Waals surface area contributed by atoms with Gasteiger partial charge in [0.1, 0.15) is 10.8 Å². The van der Waals surface area contributed by atoms with Crippen LogP contribution in [0.15, 0.2) is 18.3 Å². The molecule has 0 spiro atoms. The summed E-state index contributed by atoms with van der Waals surface area (Å²) in [5, 5.41) is 4.41. The number of halogens is 1. The molecule has 0 amide bonds. The largest absolute Gasteiger partial charge is 0.368 e. The Kier molecular flexibility index (Phi) is 2.23. The second-order valence-electron chi connectivity index (χ2n) is 3.46. The normalized spacial score (nSPS) is 10.9. The van der Waals surface area contributed by atoms with E-state index < -0.39 is 0 Å². The number of imidazole rings is 1. The summed E-state index contributed by atoms with van der Waals surface area (Å²) in [6.07, 6.45) is 1.63. The number of fused-ring (bicyclic) bond motifs is 1. The molecule has 0 aromatic carbocycles. The lowest BCUT2D eigenvalue weighted by atomic mass is 10.4. The van der Waals surface area contributed by atoms with E-state index in [1.54, 1.807) is 18.3 Å². The second kappa shape index (κ2) is 3.77. The predicted molar refractivity (Wildman–Crippen MR) is 65.6 cm³/mol. The van der Waals surface area contributed by atoms with Crippen molar-refractivity contribution in [2.24, 2.45) is 0 Å². The Bertz CT molecular complexity index is 716. The molecule has 3 heterocycles. The maximum absolute atomic E-state index is 5.78. The molecule has 3 aromatic rings. The van der Waals surface area contributed by atoms with Crippen molar-refractivity contribution in [3.8, 4) is 11.5 Å². The van der Waals surface area contributed by atoms with Gasteiger partial charge in [-0.05, 0) is 12.1 Å². The van der Waals surface area contributed by atoms with Crippen molar-refractivity contribution in [3.05, 3.63) is 23.5 Å². The van der Waals surface area contributed by atoms with Gasteiger partial charge >= 0.3 is 0 Å². The van der Waals surface area contributed by atoms with E-state index >= 15 is 0 Å². The van der Waals surface area contributed by atoms with Crippen LogP contribution in [0.25, 0.3) is 17.2 Å². The van der Waals surface area contributed by atoms with Gasteiger partial charge in [-0.3, -0.25) is 0 Å². The lowest BCUT2D eigenvalue weighted by Crippen LogP contribution is -2.04. The van der Waals surface area contributed by atoms with E-state index in [2.05, 4.69) is 25.0 Å². The highest BCUT2D eigenvalue weighted by Gasteiger charge is 2.10. The summed E-state index contributed by atoms with van der Waals surface area (Å²) >= 11 is 5.78. The van der Waals surface area contributed by atoms with Crippen molar-refractivity contribution in [2.75, 3.05) is 11.5 Å². The van der Waals surface area contributed by atoms with Gasteiger partial charge in [-0.25, -0.2) is 9.50 Å². The monoisotopic (exact) mass is 262 g/mol. The molecule has 0 saturated carbocycles. The third-order valence-corrected chi connectivity index (χ3v) is 2.39. The third-order valence-electron chi connectivity index (χ3n) is 2.19. The zero-order valence-electron chi connectivity index (χ0n) is 8.95. The molecule has 0 saturated heterocycles. The Morgan fingerprint density at radius 3 is 2.44 bits per heavy atom. The van der Waals surface area contributed by atoms with E-state index in [1.807, 2.05) is 0 Å². The van der Waals surface area contributed by atoms with Crippen LogP contribution in [0, 0.1) is 0 Å². The number of nitrogens with zero attached hydrogens (tertiary/aromatic N) is 6. The van der Waals surface area contributed by atoms with Crippen molar-refractivity contribution >= 4 is 29.1 Å². The Morgan fingerprint density at radius 1 is 1.00 bits per heavy atom. The first-order valence-corrected chi connectivity index (χ1v) is 5.29. The standard InChI is InChI=1S/C9H7ClN8/c10-5-1-2-6-13-4(3-18(6)17-5)7-14-8(11)16-9(12)15-7/h1-3H,(H4,11,12,14,15,16). The number of aromatic nitrogens is 6. The van der Waals surface area contributed by atoms with Crippen LogP contribution in [0.1, 0.15) is 0 Å². The summed E-state index contributed by atoms with van der Waals surface area (Å²) in [7, 11) is 0. The summed E-state index contributed by atoms with van der Waals surface area (Å²) in [6.45, 7) is 0. The van der Waals surface area contributed by atoms with Crippen LogP contribution in [0.4, 0.5) is 11.9 Å². The van der Waals surface area contributed by atoms with Crippen molar-refractivity contribution in [2.45, 2.75) is 0 Å². The van der Waals surface area contributed by atoms with E-state index in [4.69, 9.17) is 23.1 Å². The van der Waals surface area contributed by atoms with Gasteiger partial charge in [0.25, 0.3) is 0 Å². The van der Waals surface area contributed by atoms with Crippen LogP contribution in [-0.2, 0) is 0 Å². The molecule has 0 fully saturated rings. The maximum Gasteiger partial charge on any atom is 0.225 e. The minimum Gasteiger partial charge on any atom is -0.368 e. The molecule has 0 radical (unpaired) electrons. The lowest BCUT2D eigenvalue weighted by Gasteiger charge is -1.97. The van der Waals surface area contributed by atoms with Crippen LogP contribution in [-0.4, -0.2) is 29.5 Å². The highest BCUT2D eigenvalue weighted by Crippen LogP contribution is 2.16. The molecule has 8 nitrogen and oxygen atoms in total. The number of rotatable bonds is 1. The minimum absolute atomic E-state index is 0.0422. The second-order valence-corrected chi connectivity index (χ2v) is 3.85. The average molecular weight is 263 g/mol. The molecule has 0 aliphatic rings. The van der Waals surface area contributed by atoms with Gasteiger partial charge in [0.05, 0.1) is 6.20 Å². The highest BCUT2D eigenvalue weighted by atomic mass is 35.5. The molecular weight excluding hydrogens is 256 g/mol. The Morgan fingerprint density at radius 2 is 1.72 bits per heavy atom. The SMILES string of the molecule is Nc1nc(N)nc(-c2cn3nc(Cl)ccc3n2)n1. The summed E-state index contributed by atoms with van der Waals surface area (Å²) in [5.41, 5.74) is 12.1. The first-order valence-electron chi connectivity index (χ1n) is 4.91. The zero-order valence-corrected chi connectivity index (χ0v) is 9.70. The lowest BCUT2D eigenvalue weighted by molar-refractivity contribution is 0.936. The highest BCUT2D eigenvalue weighted by molar-refractivity contribution is 6.29. The molecule has 18 heavy (non-hydrogen) atoms. The molecule has 0 atom stereocenters. The van der Waals surface area contributed by atoms with E-state index in [9.17, 15) is 0 Å². The predicted octanol–water partition coefficient (Wildman–Crippen LogP) is 0.399. The van der Waals surface area contributed by atoms with E-state index in [0.29, 0.717) is 22.3 Å². The van der Waals surface area contributed by atoms with Gasteiger partial charge in [0.2, 0.25) is 11.9 Å². The van der Waals surface area contributed by atoms with Gasteiger partial charge in [-0.1, -0.05) is 11.6 Å². The van der Waals surface area contributed by atoms with Crippen LogP contribution in [0.2, 0.25) is 5.15 Å². The molecule has 0 bridgehead atoms. The quantitative estimate of drug-likeness (QED) is 0.651. The van der Waals surface area contributed by atoms with Crippen LogP contribution in [0.5, 0.6) is 0 Å².